The predicted molar refractivity (Wildman–Crippen MR) is 32.5 cm³/mol. The van der Waals surface area contributed by atoms with Crippen molar-refractivity contribution in [3.05, 3.63) is 16.1 Å². The summed E-state index contributed by atoms with van der Waals surface area (Å²) in [6.45, 7) is 0. The quantitative estimate of drug-likeness (QED) is 0.623. The molecule has 1 rings (SSSR count). The van der Waals surface area contributed by atoms with E-state index in [0.717, 1.165) is 11.3 Å². The van der Waals surface area contributed by atoms with E-state index >= 15 is 0 Å². The van der Waals surface area contributed by atoms with Crippen LogP contribution in [0.5, 0.6) is 0 Å². The molecule has 0 aromatic carbocycles. The largest absolute Gasteiger partial charge is 0.296 e. The van der Waals surface area contributed by atoms with Gasteiger partial charge in [0.1, 0.15) is 5.69 Å². The standard InChI is InChI=1S/C5H3F2NOS/c6-4(7)5-8-3(1-9)2-10-5/h1-2,4H. The van der Waals surface area contributed by atoms with Crippen molar-refractivity contribution in [2.24, 2.45) is 0 Å². The minimum absolute atomic E-state index is 0.0697. The highest BCUT2D eigenvalue weighted by Gasteiger charge is 2.10. The average molecular weight is 163 g/mol. The molecule has 10 heavy (non-hydrogen) atoms. The second kappa shape index (κ2) is 2.83. The molecular weight excluding hydrogens is 160 g/mol. The molecule has 2 nitrogen and oxygen atoms in total. The van der Waals surface area contributed by atoms with Gasteiger partial charge in [0.2, 0.25) is 0 Å². The molecule has 5 heteroatoms. The van der Waals surface area contributed by atoms with Crippen LogP contribution in [-0.2, 0) is 0 Å². The highest BCUT2D eigenvalue weighted by molar-refractivity contribution is 7.09. The first-order chi connectivity index (χ1) is 4.74. The molecule has 0 amide bonds. The number of aromatic nitrogens is 1. The van der Waals surface area contributed by atoms with Crippen LogP contribution in [0, 0.1) is 0 Å². The molecule has 0 radical (unpaired) electrons. The number of aldehydes is 1. The average Bonchev–Trinajstić information content (AvgIpc) is 2.34. The summed E-state index contributed by atoms with van der Waals surface area (Å²) >= 11 is 0.790. The molecule has 0 spiro atoms. The van der Waals surface area contributed by atoms with Gasteiger partial charge in [-0.3, -0.25) is 4.79 Å². The van der Waals surface area contributed by atoms with Crippen molar-refractivity contribution in [3.63, 3.8) is 0 Å². The second-order valence-electron chi connectivity index (χ2n) is 1.53. The van der Waals surface area contributed by atoms with Gasteiger partial charge in [-0.2, -0.15) is 0 Å². The molecule has 0 N–H and O–H groups in total. The van der Waals surface area contributed by atoms with E-state index < -0.39 is 6.43 Å². The zero-order chi connectivity index (χ0) is 7.56. The lowest BCUT2D eigenvalue weighted by Crippen LogP contribution is -1.83. The number of halogens is 2. The van der Waals surface area contributed by atoms with Crippen molar-refractivity contribution >= 4 is 17.6 Å². The van der Waals surface area contributed by atoms with Gasteiger partial charge in [0.15, 0.2) is 11.3 Å². The summed E-state index contributed by atoms with van der Waals surface area (Å²) in [5.41, 5.74) is 0.0697. The Balaban J connectivity index is 2.88. The molecule has 54 valence electrons. The van der Waals surface area contributed by atoms with Crippen LogP contribution in [0.15, 0.2) is 5.38 Å². The molecule has 0 unspecified atom stereocenters. The molecule has 0 saturated heterocycles. The highest BCUT2D eigenvalue weighted by atomic mass is 32.1. The minimum atomic E-state index is -2.57. The fraction of sp³-hybridized carbons (Fsp3) is 0.200. The Hall–Kier alpha value is -0.840. The first-order valence-corrected chi connectivity index (χ1v) is 3.30. The SMILES string of the molecule is O=Cc1csc(C(F)F)n1. The van der Waals surface area contributed by atoms with Crippen molar-refractivity contribution in [3.8, 4) is 0 Å². The molecule has 0 aliphatic carbocycles. The lowest BCUT2D eigenvalue weighted by atomic mass is 10.6. The first-order valence-electron chi connectivity index (χ1n) is 2.43. The number of nitrogens with zero attached hydrogens (tertiary/aromatic N) is 1. The third-order valence-electron chi connectivity index (χ3n) is 0.847. The third-order valence-corrected chi connectivity index (χ3v) is 1.72. The van der Waals surface area contributed by atoms with Gasteiger partial charge in [-0.15, -0.1) is 11.3 Å². The summed E-state index contributed by atoms with van der Waals surface area (Å²) in [7, 11) is 0. The summed E-state index contributed by atoms with van der Waals surface area (Å²) in [5, 5.41) is 0.996. The Bertz CT molecular complexity index is 235. The second-order valence-corrected chi connectivity index (χ2v) is 2.42. The Kier molecular flexibility index (Phi) is 2.06. The van der Waals surface area contributed by atoms with Crippen LogP contribution in [0.2, 0.25) is 0 Å². The van der Waals surface area contributed by atoms with Crippen molar-refractivity contribution in [2.75, 3.05) is 0 Å². The molecule has 1 aromatic rings. The molecule has 0 aliphatic rings. The van der Waals surface area contributed by atoms with E-state index in [0.29, 0.717) is 6.29 Å². The Labute approximate surface area is 59.5 Å². The predicted octanol–water partition coefficient (Wildman–Crippen LogP) is 1.89. The Morgan fingerprint density at radius 2 is 2.40 bits per heavy atom. The summed E-state index contributed by atoms with van der Waals surface area (Å²) in [6.07, 6.45) is -2.12. The van der Waals surface area contributed by atoms with E-state index in [2.05, 4.69) is 4.98 Å². The number of alkyl halides is 2. The van der Waals surface area contributed by atoms with E-state index in [4.69, 9.17) is 0 Å². The molecule has 0 fully saturated rings. The topological polar surface area (TPSA) is 30.0 Å². The van der Waals surface area contributed by atoms with Gasteiger partial charge in [-0.1, -0.05) is 0 Å². The molecule has 0 saturated carbocycles. The number of carbonyl (C=O) groups is 1. The summed E-state index contributed by atoms with van der Waals surface area (Å²) in [5.74, 6) is 0. The van der Waals surface area contributed by atoms with Crippen LogP contribution in [0.25, 0.3) is 0 Å². The van der Waals surface area contributed by atoms with Crippen molar-refractivity contribution in [1.82, 2.24) is 4.98 Å². The molecule has 1 aromatic heterocycles. The van der Waals surface area contributed by atoms with E-state index in [-0.39, 0.29) is 10.7 Å². The minimum Gasteiger partial charge on any atom is -0.296 e. The Morgan fingerprint density at radius 1 is 1.70 bits per heavy atom. The lowest BCUT2D eigenvalue weighted by molar-refractivity contribution is 0.111. The maximum absolute atomic E-state index is 11.7. The van der Waals surface area contributed by atoms with Crippen LogP contribution in [0.1, 0.15) is 21.9 Å². The fourth-order valence-electron chi connectivity index (χ4n) is 0.455. The van der Waals surface area contributed by atoms with Gasteiger partial charge in [-0.05, 0) is 0 Å². The number of hydrogen-bond acceptors (Lipinski definition) is 3. The highest BCUT2D eigenvalue weighted by Crippen LogP contribution is 2.21. The van der Waals surface area contributed by atoms with Gasteiger partial charge < -0.3 is 0 Å². The van der Waals surface area contributed by atoms with Gasteiger partial charge >= 0.3 is 0 Å². The van der Waals surface area contributed by atoms with Gasteiger partial charge in [0.25, 0.3) is 6.43 Å². The van der Waals surface area contributed by atoms with E-state index in [1.807, 2.05) is 0 Å². The van der Waals surface area contributed by atoms with Crippen LogP contribution < -0.4 is 0 Å². The van der Waals surface area contributed by atoms with Gasteiger partial charge in [-0.25, -0.2) is 13.8 Å². The maximum atomic E-state index is 11.7. The molecule has 1 heterocycles. The van der Waals surface area contributed by atoms with E-state index in [1.54, 1.807) is 0 Å². The zero-order valence-electron chi connectivity index (χ0n) is 4.75. The smallest absolute Gasteiger partial charge is 0.289 e. The molecule has 0 bridgehead atoms. The van der Waals surface area contributed by atoms with Crippen molar-refractivity contribution < 1.29 is 13.6 Å². The first kappa shape index (κ1) is 7.27. The summed E-state index contributed by atoms with van der Waals surface area (Å²) in [6, 6.07) is 0. The maximum Gasteiger partial charge on any atom is 0.289 e. The van der Waals surface area contributed by atoms with Crippen molar-refractivity contribution in [2.45, 2.75) is 6.43 Å². The van der Waals surface area contributed by atoms with Gasteiger partial charge in [0.05, 0.1) is 0 Å². The summed E-state index contributed by atoms with van der Waals surface area (Å²) in [4.78, 5) is 13.3. The zero-order valence-corrected chi connectivity index (χ0v) is 5.57. The van der Waals surface area contributed by atoms with Crippen LogP contribution in [0.4, 0.5) is 8.78 Å². The number of rotatable bonds is 2. The normalized spacial score (nSPS) is 10.3. The summed E-state index contributed by atoms with van der Waals surface area (Å²) < 4.78 is 23.5. The van der Waals surface area contributed by atoms with Crippen molar-refractivity contribution in [1.29, 1.82) is 0 Å². The van der Waals surface area contributed by atoms with Gasteiger partial charge in [0, 0.05) is 5.38 Å². The third kappa shape index (κ3) is 1.36. The van der Waals surface area contributed by atoms with E-state index in [9.17, 15) is 13.6 Å². The Morgan fingerprint density at radius 3 is 2.70 bits per heavy atom. The fourth-order valence-corrected chi connectivity index (χ4v) is 1.07. The number of thiazole rings is 1. The number of carbonyl (C=O) groups excluding carboxylic acids is 1. The van der Waals surface area contributed by atoms with Crippen LogP contribution in [0.3, 0.4) is 0 Å². The van der Waals surface area contributed by atoms with E-state index in [1.165, 1.54) is 5.38 Å². The number of hydrogen-bond donors (Lipinski definition) is 0. The molecule has 0 atom stereocenters. The van der Waals surface area contributed by atoms with Crippen LogP contribution in [-0.4, -0.2) is 11.3 Å². The monoisotopic (exact) mass is 163 g/mol. The lowest BCUT2D eigenvalue weighted by Gasteiger charge is -1.86. The molecule has 0 aliphatic heterocycles. The molecular formula is C5H3F2NOS. The van der Waals surface area contributed by atoms with Crippen LogP contribution >= 0.6 is 11.3 Å².